The van der Waals surface area contributed by atoms with Crippen LogP contribution in [0.4, 0.5) is 5.69 Å². The average molecular weight is 295 g/mol. The highest BCUT2D eigenvalue weighted by atomic mass is 16.4. The Kier molecular flexibility index (Phi) is 3.92. The number of carboxylic acid groups (broad SMARTS) is 1. The lowest BCUT2D eigenvalue weighted by Gasteiger charge is -2.05. The van der Waals surface area contributed by atoms with E-state index in [0.717, 1.165) is 12.8 Å². The van der Waals surface area contributed by atoms with Crippen molar-refractivity contribution in [2.24, 2.45) is 11.8 Å². The summed E-state index contributed by atoms with van der Waals surface area (Å²) in [4.78, 5) is 22.9. The van der Waals surface area contributed by atoms with Crippen LogP contribution >= 0.6 is 0 Å². The first-order valence-corrected chi connectivity index (χ1v) is 7.31. The van der Waals surface area contributed by atoms with Crippen LogP contribution in [0.5, 0.6) is 0 Å². The Morgan fingerprint density at radius 3 is 2.36 bits per heavy atom. The number of nitrogens with one attached hydrogen (secondary N) is 1. The smallest absolute Gasteiger partial charge is 0.335 e. The van der Waals surface area contributed by atoms with Crippen molar-refractivity contribution < 1.29 is 14.7 Å². The molecule has 4 heteroatoms. The molecular formula is C18H17NO3. The molecule has 22 heavy (non-hydrogen) atoms. The normalized spacial score (nSPS) is 19.5. The maximum atomic E-state index is 12.2. The molecule has 1 saturated carbocycles. The lowest BCUT2D eigenvalue weighted by Crippen LogP contribution is -2.15. The molecule has 1 aliphatic carbocycles. The van der Waals surface area contributed by atoms with E-state index in [9.17, 15) is 9.59 Å². The SMILES string of the molecule is O=C(O)c1ccc(NC(=O)C2CC2Cc2ccccc2)cc1. The molecule has 0 aromatic heterocycles. The molecule has 0 radical (unpaired) electrons. The zero-order valence-corrected chi connectivity index (χ0v) is 12.0. The monoisotopic (exact) mass is 295 g/mol. The van der Waals surface area contributed by atoms with Gasteiger partial charge in [0.1, 0.15) is 0 Å². The number of hydrogen-bond acceptors (Lipinski definition) is 2. The lowest BCUT2D eigenvalue weighted by atomic mass is 10.1. The van der Waals surface area contributed by atoms with Crippen molar-refractivity contribution in [2.45, 2.75) is 12.8 Å². The second kappa shape index (κ2) is 6.02. The van der Waals surface area contributed by atoms with E-state index in [1.807, 2.05) is 18.2 Å². The second-order valence-corrected chi connectivity index (χ2v) is 5.66. The Balaban J connectivity index is 1.54. The minimum absolute atomic E-state index is 0.0176. The summed E-state index contributed by atoms with van der Waals surface area (Å²) in [6.07, 6.45) is 1.84. The maximum Gasteiger partial charge on any atom is 0.335 e. The Morgan fingerprint density at radius 2 is 1.73 bits per heavy atom. The molecule has 1 amide bonds. The van der Waals surface area contributed by atoms with Gasteiger partial charge < -0.3 is 10.4 Å². The number of amides is 1. The van der Waals surface area contributed by atoms with E-state index in [1.54, 1.807) is 12.1 Å². The summed E-state index contributed by atoms with van der Waals surface area (Å²) in [5, 5.41) is 11.7. The number of carbonyl (C=O) groups is 2. The summed E-state index contributed by atoms with van der Waals surface area (Å²) in [5.41, 5.74) is 2.11. The standard InChI is InChI=1S/C18H17NO3/c20-17(19-15-8-6-13(7-9-15)18(21)22)16-11-14(16)10-12-4-2-1-3-5-12/h1-9,14,16H,10-11H2,(H,19,20)(H,21,22). The second-order valence-electron chi connectivity index (χ2n) is 5.66. The summed E-state index contributed by atoms with van der Waals surface area (Å²) >= 11 is 0. The molecule has 2 atom stereocenters. The van der Waals surface area contributed by atoms with E-state index in [2.05, 4.69) is 17.4 Å². The number of anilines is 1. The van der Waals surface area contributed by atoms with Crippen LogP contribution in [0.2, 0.25) is 0 Å². The van der Waals surface area contributed by atoms with E-state index in [0.29, 0.717) is 11.6 Å². The molecule has 112 valence electrons. The van der Waals surface area contributed by atoms with E-state index in [4.69, 9.17) is 5.11 Å². The molecule has 0 heterocycles. The predicted octanol–water partition coefficient (Wildman–Crippen LogP) is 3.20. The molecule has 1 aliphatic rings. The highest BCUT2D eigenvalue weighted by molar-refractivity contribution is 5.95. The van der Waals surface area contributed by atoms with Crippen molar-refractivity contribution >= 4 is 17.6 Å². The predicted molar refractivity (Wildman–Crippen MR) is 83.8 cm³/mol. The summed E-state index contributed by atoms with van der Waals surface area (Å²) in [7, 11) is 0. The first-order chi connectivity index (χ1) is 10.6. The van der Waals surface area contributed by atoms with Crippen LogP contribution in [0.25, 0.3) is 0 Å². The zero-order chi connectivity index (χ0) is 15.5. The molecule has 0 aliphatic heterocycles. The quantitative estimate of drug-likeness (QED) is 0.890. The van der Waals surface area contributed by atoms with Crippen molar-refractivity contribution in [3.05, 3.63) is 65.7 Å². The van der Waals surface area contributed by atoms with E-state index >= 15 is 0 Å². The topological polar surface area (TPSA) is 66.4 Å². The molecular weight excluding hydrogens is 278 g/mol. The molecule has 1 fully saturated rings. The fraction of sp³-hybridized carbons (Fsp3) is 0.222. The summed E-state index contributed by atoms with van der Waals surface area (Å²) in [6.45, 7) is 0. The van der Waals surface area contributed by atoms with Gasteiger partial charge in [0.2, 0.25) is 5.91 Å². The van der Waals surface area contributed by atoms with Gasteiger partial charge in [0.15, 0.2) is 0 Å². The molecule has 0 saturated heterocycles. The van der Waals surface area contributed by atoms with Crippen molar-refractivity contribution in [2.75, 3.05) is 5.32 Å². The fourth-order valence-corrected chi connectivity index (χ4v) is 2.64. The number of hydrogen-bond donors (Lipinski definition) is 2. The van der Waals surface area contributed by atoms with E-state index in [1.165, 1.54) is 17.7 Å². The van der Waals surface area contributed by atoms with Crippen molar-refractivity contribution in [3.8, 4) is 0 Å². The van der Waals surface area contributed by atoms with Gasteiger partial charge in [-0.05, 0) is 48.6 Å². The molecule has 2 aromatic rings. The molecule has 0 spiro atoms. The number of benzene rings is 2. The number of carbonyl (C=O) groups excluding carboxylic acids is 1. The van der Waals surface area contributed by atoms with Gasteiger partial charge in [0.05, 0.1) is 5.56 Å². The van der Waals surface area contributed by atoms with Gasteiger partial charge in [-0.1, -0.05) is 30.3 Å². The summed E-state index contributed by atoms with van der Waals surface area (Å²) < 4.78 is 0. The molecule has 3 rings (SSSR count). The molecule has 4 nitrogen and oxygen atoms in total. The summed E-state index contributed by atoms with van der Waals surface area (Å²) in [5.74, 6) is -0.493. The largest absolute Gasteiger partial charge is 0.478 e. The van der Waals surface area contributed by atoms with Crippen LogP contribution in [-0.2, 0) is 11.2 Å². The van der Waals surface area contributed by atoms with Crippen molar-refractivity contribution in [3.63, 3.8) is 0 Å². The third-order valence-electron chi connectivity index (χ3n) is 4.00. The van der Waals surface area contributed by atoms with Crippen LogP contribution in [0, 0.1) is 11.8 Å². The first-order valence-electron chi connectivity index (χ1n) is 7.31. The molecule has 0 bridgehead atoms. The third kappa shape index (κ3) is 3.34. The number of rotatable bonds is 5. The van der Waals surface area contributed by atoms with Gasteiger partial charge in [0, 0.05) is 11.6 Å². The Labute approximate surface area is 128 Å². The average Bonchev–Trinajstić information content (AvgIpc) is 3.28. The van der Waals surface area contributed by atoms with Gasteiger partial charge in [-0.3, -0.25) is 4.79 Å². The Bertz CT molecular complexity index is 679. The maximum absolute atomic E-state index is 12.2. The van der Waals surface area contributed by atoms with Gasteiger partial charge in [-0.15, -0.1) is 0 Å². The van der Waals surface area contributed by atoms with Gasteiger partial charge in [-0.25, -0.2) is 4.79 Å². The van der Waals surface area contributed by atoms with Gasteiger partial charge in [0.25, 0.3) is 0 Å². The molecule has 2 unspecified atom stereocenters. The van der Waals surface area contributed by atoms with Crippen molar-refractivity contribution in [1.29, 1.82) is 0 Å². The van der Waals surface area contributed by atoms with Crippen LogP contribution in [0.15, 0.2) is 54.6 Å². The van der Waals surface area contributed by atoms with Gasteiger partial charge >= 0.3 is 5.97 Å². The van der Waals surface area contributed by atoms with E-state index in [-0.39, 0.29) is 17.4 Å². The lowest BCUT2D eigenvalue weighted by molar-refractivity contribution is -0.117. The highest BCUT2D eigenvalue weighted by Gasteiger charge is 2.42. The zero-order valence-electron chi connectivity index (χ0n) is 12.0. The Hall–Kier alpha value is -2.62. The van der Waals surface area contributed by atoms with Gasteiger partial charge in [-0.2, -0.15) is 0 Å². The number of aromatic carboxylic acids is 1. The highest BCUT2D eigenvalue weighted by Crippen LogP contribution is 2.41. The summed E-state index contributed by atoms with van der Waals surface area (Å²) in [6, 6.07) is 16.4. The van der Waals surface area contributed by atoms with Crippen LogP contribution in [0.1, 0.15) is 22.3 Å². The first kappa shape index (κ1) is 14.3. The molecule has 2 aromatic carbocycles. The van der Waals surface area contributed by atoms with Crippen LogP contribution in [0.3, 0.4) is 0 Å². The molecule has 2 N–H and O–H groups in total. The van der Waals surface area contributed by atoms with E-state index < -0.39 is 5.97 Å². The number of carboxylic acids is 1. The third-order valence-corrected chi connectivity index (χ3v) is 4.00. The van der Waals surface area contributed by atoms with Crippen molar-refractivity contribution in [1.82, 2.24) is 0 Å². The van der Waals surface area contributed by atoms with Crippen LogP contribution < -0.4 is 5.32 Å². The minimum Gasteiger partial charge on any atom is -0.478 e. The minimum atomic E-state index is -0.969. The Morgan fingerprint density at radius 1 is 1.05 bits per heavy atom. The fourth-order valence-electron chi connectivity index (χ4n) is 2.64. The van der Waals surface area contributed by atoms with Crippen LogP contribution in [-0.4, -0.2) is 17.0 Å².